The molecule has 3 heteroatoms. The number of benzene rings is 1. The van der Waals surface area contributed by atoms with Crippen LogP contribution in [0, 0.1) is 0 Å². The first-order valence-electron chi connectivity index (χ1n) is 6.40. The number of nitrogens with two attached hydrogens (primary N) is 1. The van der Waals surface area contributed by atoms with E-state index in [-0.39, 0.29) is 0 Å². The Hall–Kier alpha value is -1.06. The molecule has 0 atom stereocenters. The van der Waals surface area contributed by atoms with Crippen LogP contribution in [0.4, 0.5) is 0 Å². The smallest absolute Gasteiger partial charge is 0.119 e. The van der Waals surface area contributed by atoms with E-state index in [1.54, 1.807) is 0 Å². The molecule has 17 heavy (non-hydrogen) atoms. The molecule has 1 saturated carbocycles. The average Bonchev–Trinajstić information content (AvgIpc) is 2.38. The molecule has 0 amide bonds. The van der Waals surface area contributed by atoms with Crippen LogP contribution in [0.15, 0.2) is 24.3 Å². The van der Waals surface area contributed by atoms with Crippen molar-refractivity contribution in [2.75, 3.05) is 13.2 Å². The van der Waals surface area contributed by atoms with Crippen molar-refractivity contribution < 1.29 is 9.84 Å². The van der Waals surface area contributed by atoms with Crippen molar-refractivity contribution in [3.05, 3.63) is 29.8 Å². The Kier molecular flexibility index (Phi) is 4.02. The lowest BCUT2D eigenvalue weighted by molar-refractivity contribution is -0.000823. The Balaban J connectivity index is 2.14. The molecule has 0 aromatic heterocycles. The third kappa shape index (κ3) is 2.99. The highest BCUT2D eigenvalue weighted by Gasteiger charge is 2.31. The molecular formula is C14H21NO2. The Morgan fingerprint density at radius 1 is 1.24 bits per heavy atom. The van der Waals surface area contributed by atoms with Crippen molar-refractivity contribution in [3.8, 4) is 5.75 Å². The van der Waals surface area contributed by atoms with E-state index in [1.165, 1.54) is 6.42 Å². The van der Waals surface area contributed by atoms with Gasteiger partial charge in [-0.05, 0) is 30.5 Å². The second kappa shape index (κ2) is 5.52. The van der Waals surface area contributed by atoms with Gasteiger partial charge < -0.3 is 15.6 Å². The first kappa shape index (κ1) is 12.4. The maximum absolute atomic E-state index is 10.6. The summed E-state index contributed by atoms with van der Waals surface area (Å²) in [6, 6.07) is 7.78. The van der Waals surface area contributed by atoms with E-state index in [4.69, 9.17) is 10.5 Å². The minimum absolute atomic E-state index is 0.508. The monoisotopic (exact) mass is 235 g/mol. The molecular weight excluding hydrogens is 214 g/mol. The first-order valence-corrected chi connectivity index (χ1v) is 6.40. The second-order valence-corrected chi connectivity index (χ2v) is 4.76. The number of rotatable bonds is 4. The van der Waals surface area contributed by atoms with Crippen LogP contribution in [0.3, 0.4) is 0 Å². The standard InChI is InChI=1S/C14H21NO2/c15-9-10-17-13-6-4-5-12(11-13)14(16)7-2-1-3-8-14/h4-6,11,16H,1-3,7-10,15H2. The lowest BCUT2D eigenvalue weighted by Gasteiger charge is -2.32. The summed E-state index contributed by atoms with van der Waals surface area (Å²) >= 11 is 0. The predicted molar refractivity (Wildman–Crippen MR) is 68.0 cm³/mol. The maximum atomic E-state index is 10.6. The Bertz CT molecular complexity index is 359. The molecule has 0 heterocycles. The van der Waals surface area contributed by atoms with E-state index < -0.39 is 5.60 Å². The van der Waals surface area contributed by atoms with Gasteiger partial charge in [0, 0.05) is 6.54 Å². The maximum Gasteiger partial charge on any atom is 0.119 e. The van der Waals surface area contributed by atoms with E-state index in [0.717, 1.165) is 37.0 Å². The molecule has 94 valence electrons. The van der Waals surface area contributed by atoms with E-state index >= 15 is 0 Å². The van der Waals surface area contributed by atoms with Crippen LogP contribution in [0.25, 0.3) is 0 Å². The third-order valence-electron chi connectivity index (χ3n) is 3.44. The van der Waals surface area contributed by atoms with Gasteiger partial charge in [-0.25, -0.2) is 0 Å². The summed E-state index contributed by atoms with van der Waals surface area (Å²) in [6.45, 7) is 1.02. The van der Waals surface area contributed by atoms with Crippen molar-refractivity contribution in [1.82, 2.24) is 0 Å². The molecule has 0 saturated heterocycles. The number of hydrogen-bond donors (Lipinski definition) is 2. The molecule has 1 aromatic rings. The van der Waals surface area contributed by atoms with E-state index in [0.29, 0.717) is 13.2 Å². The molecule has 2 rings (SSSR count). The Morgan fingerprint density at radius 2 is 2.00 bits per heavy atom. The summed E-state index contributed by atoms with van der Waals surface area (Å²) in [5.41, 5.74) is 5.73. The molecule has 1 fully saturated rings. The van der Waals surface area contributed by atoms with Crippen molar-refractivity contribution in [1.29, 1.82) is 0 Å². The summed E-state index contributed by atoms with van der Waals surface area (Å²) in [6.07, 6.45) is 5.14. The largest absolute Gasteiger partial charge is 0.492 e. The van der Waals surface area contributed by atoms with Gasteiger partial charge in [0.05, 0.1) is 5.60 Å². The van der Waals surface area contributed by atoms with Gasteiger partial charge >= 0.3 is 0 Å². The van der Waals surface area contributed by atoms with Gasteiger partial charge in [-0.3, -0.25) is 0 Å². The van der Waals surface area contributed by atoms with Crippen LogP contribution in [0.5, 0.6) is 5.75 Å². The number of aliphatic hydroxyl groups is 1. The lowest BCUT2D eigenvalue weighted by atomic mass is 9.80. The summed E-state index contributed by atoms with van der Waals surface area (Å²) < 4.78 is 5.50. The summed E-state index contributed by atoms with van der Waals surface area (Å²) in [5.74, 6) is 0.798. The van der Waals surface area contributed by atoms with Crippen LogP contribution in [-0.4, -0.2) is 18.3 Å². The molecule has 1 aliphatic rings. The fourth-order valence-electron chi connectivity index (χ4n) is 2.48. The summed E-state index contributed by atoms with van der Waals surface area (Å²) in [4.78, 5) is 0. The molecule has 0 bridgehead atoms. The van der Waals surface area contributed by atoms with Gasteiger partial charge in [-0.15, -0.1) is 0 Å². The Morgan fingerprint density at radius 3 is 2.71 bits per heavy atom. The second-order valence-electron chi connectivity index (χ2n) is 4.76. The summed E-state index contributed by atoms with van der Waals surface area (Å²) in [5, 5.41) is 10.6. The van der Waals surface area contributed by atoms with Gasteiger partial charge in [0.15, 0.2) is 0 Å². The van der Waals surface area contributed by atoms with Crippen molar-refractivity contribution >= 4 is 0 Å². The first-order chi connectivity index (χ1) is 8.24. The fraction of sp³-hybridized carbons (Fsp3) is 0.571. The lowest BCUT2D eigenvalue weighted by Crippen LogP contribution is -2.28. The highest BCUT2D eigenvalue weighted by Crippen LogP contribution is 2.37. The highest BCUT2D eigenvalue weighted by molar-refractivity contribution is 5.32. The minimum Gasteiger partial charge on any atom is -0.492 e. The molecule has 1 aliphatic carbocycles. The average molecular weight is 235 g/mol. The number of ether oxygens (including phenoxy) is 1. The van der Waals surface area contributed by atoms with Crippen LogP contribution < -0.4 is 10.5 Å². The predicted octanol–water partition coefficient (Wildman–Crippen LogP) is 2.18. The van der Waals surface area contributed by atoms with Crippen molar-refractivity contribution in [2.45, 2.75) is 37.7 Å². The van der Waals surface area contributed by atoms with E-state index in [1.807, 2.05) is 24.3 Å². The molecule has 0 spiro atoms. The van der Waals surface area contributed by atoms with Gasteiger partial charge in [-0.2, -0.15) is 0 Å². The zero-order valence-electron chi connectivity index (χ0n) is 10.2. The van der Waals surface area contributed by atoms with Gasteiger partial charge in [0.1, 0.15) is 12.4 Å². The molecule has 0 unspecified atom stereocenters. The normalized spacial score (nSPS) is 18.9. The zero-order chi connectivity index (χ0) is 12.1. The van der Waals surface area contributed by atoms with E-state index in [9.17, 15) is 5.11 Å². The number of hydrogen-bond acceptors (Lipinski definition) is 3. The SMILES string of the molecule is NCCOc1cccc(C2(O)CCCCC2)c1. The van der Waals surface area contributed by atoms with Gasteiger partial charge in [0.2, 0.25) is 0 Å². The van der Waals surface area contributed by atoms with E-state index in [2.05, 4.69) is 0 Å². The molecule has 3 nitrogen and oxygen atoms in total. The fourth-order valence-corrected chi connectivity index (χ4v) is 2.48. The molecule has 0 aliphatic heterocycles. The zero-order valence-corrected chi connectivity index (χ0v) is 10.2. The van der Waals surface area contributed by atoms with Crippen molar-refractivity contribution in [3.63, 3.8) is 0 Å². The molecule has 1 aromatic carbocycles. The van der Waals surface area contributed by atoms with Crippen molar-refractivity contribution in [2.24, 2.45) is 5.73 Å². The third-order valence-corrected chi connectivity index (χ3v) is 3.44. The minimum atomic E-state index is -0.652. The molecule has 0 radical (unpaired) electrons. The Labute approximate surface area is 103 Å². The topological polar surface area (TPSA) is 55.5 Å². The van der Waals surface area contributed by atoms with Crippen LogP contribution in [-0.2, 0) is 5.60 Å². The van der Waals surface area contributed by atoms with Crippen LogP contribution >= 0.6 is 0 Å². The van der Waals surface area contributed by atoms with Gasteiger partial charge in [0.25, 0.3) is 0 Å². The highest BCUT2D eigenvalue weighted by atomic mass is 16.5. The van der Waals surface area contributed by atoms with Crippen LogP contribution in [0.2, 0.25) is 0 Å². The molecule has 3 N–H and O–H groups in total. The van der Waals surface area contributed by atoms with Crippen LogP contribution in [0.1, 0.15) is 37.7 Å². The quantitative estimate of drug-likeness (QED) is 0.841. The summed E-state index contributed by atoms with van der Waals surface area (Å²) in [7, 11) is 0. The van der Waals surface area contributed by atoms with Gasteiger partial charge in [-0.1, -0.05) is 31.4 Å².